The van der Waals surface area contributed by atoms with Crippen molar-refractivity contribution in [2.75, 3.05) is 13.1 Å². The molecule has 3 heterocycles. The molecule has 1 aliphatic rings. The summed E-state index contributed by atoms with van der Waals surface area (Å²) in [6.07, 6.45) is 5.60. The number of hydrogen-bond donors (Lipinski definition) is 2. The molecular weight excluding hydrogens is 314 g/mol. The van der Waals surface area contributed by atoms with E-state index in [-0.39, 0.29) is 17.5 Å². The second kappa shape index (κ2) is 6.86. The molecule has 6 nitrogen and oxygen atoms in total. The highest BCUT2D eigenvalue weighted by molar-refractivity contribution is 5.75. The van der Waals surface area contributed by atoms with Crippen molar-refractivity contribution in [3.63, 3.8) is 0 Å². The molecule has 134 valence electrons. The topological polar surface area (TPSA) is 73.9 Å². The molecule has 2 aromatic rings. The minimum Gasteiger partial charge on any atom is -0.337 e. The molecule has 0 aromatic carbocycles. The standard InChI is InChI=1S/C19H27N5O/c1-13-17(14(2)23-22-13)16-6-5-11-24(16)18(25)21-12-19(3,4)15-7-9-20-10-8-15/h7-10,16H,5-6,11-12H2,1-4H3,(H,21,25)(H,22,23)/t16-/m1/s1. The SMILES string of the molecule is Cc1n[nH]c(C)c1[C@H]1CCCN1C(=O)NCC(C)(C)c1ccncc1. The molecule has 1 atom stereocenters. The third kappa shape index (κ3) is 3.52. The van der Waals surface area contributed by atoms with Crippen LogP contribution in [0.3, 0.4) is 0 Å². The van der Waals surface area contributed by atoms with Gasteiger partial charge in [-0.15, -0.1) is 0 Å². The van der Waals surface area contributed by atoms with Crippen molar-refractivity contribution in [1.29, 1.82) is 0 Å². The smallest absolute Gasteiger partial charge is 0.317 e. The van der Waals surface area contributed by atoms with Gasteiger partial charge in [0.15, 0.2) is 0 Å². The molecule has 3 rings (SSSR count). The van der Waals surface area contributed by atoms with Gasteiger partial charge in [0.05, 0.1) is 11.7 Å². The predicted octanol–water partition coefficient (Wildman–Crippen LogP) is 3.25. The van der Waals surface area contributed by atoms with Gasteiger partial charge in [-0.3, -0.25) is 10.1 Å². The van der Waals surface area contributed by atoms with Crippen molar-refractivity contribution in [2.24, 2.45) is 0 Å². The molecule has 6 heteroatoms. The summed E-state index contributed by atoms with van der Waals surface area (Å²) in [5, 5.41) is 10.5. The van der Waals surface area contributed by atoms with Crippen LogP contribution in [0.4, 0.5) is 4.79 Å². The number of rotatable bonds is 4. The van der Waals surface area contributed by atoms with Gasteiger partial charge in [0.25, 0.3) is 0 Å². The largest absolute Gasteiger partial charge is 0.337 e. The van der Waals surface area contributed by atoms with Crippen LogP contribution in [-0.2, 0) is 5.41 Å². The van der Waals surface area contributed by atoms with E-state index in [1.807, 2.05) is 30.9 Å². The monoisotopic (exact) mass is 341 g/mol. The molecule has 0 saturated carbocycles. The molecule has 0 aliphatic carbocycles. The quantitative estimate of drug-likeness (QED) is 0.896. The van der Waals surface area contributed by atoms with Crippen LogP contribution in [0.5, 0.6) is 0 Å². The van der Waals surface area contributed by atoms with E-state index < -0.39 is 0 Å². The molecule has 2 N–H and O–H groups in total. The van der Waals surface area contributed by atoms with E-state index >= 15 is 0 Å². The van der Waals surface area contributed by atoms with Gasteiger partial charge in [-0.05, 0) is 44.4 Å². The number of aryl methyl sites for hydroxylation is 2. The fourth-order valence-corrected chi connectivity index (χ4v) is 3.66. The van der Waals surface area contributed by atoms with Crippen molar-refractivity contribution in [2.45, 2.75) is 52.0 Å². The minimum atomic E-state index is -0.144. The summed E-state index contributed by atoms with van der Waals surface area (Å²) in [5.41, 5.74) is 4.23. The maximum absolute atomic E-state index is 12.8. The highest BCUT2D eigenvalue weighted by atomic mass is 16.2. The molecule has 25 heavy (non-hydrogen) atoms. The molecule has 1 saturated heterocycles. The van der Waals surface area contributed by atoms with Crippen LogP contribution in [0.2, 0.25) is 0 Å². The number of carbonyl (C=O) groups is 1. The first-order chi connectivity index (χ1) is 11.9. The number of pyridine rings is 1. The Balaban J connectivity index is 1.69. The third-order valence-corrected chi connectivity index (χ3v) is 5.18. The zero-order valence-corrected chi connectivity index (χ0v) is 15.5. The van der Waals surface area contributed by atoms with Gasteiger partial charge in [-0.25, -0.2) is 4.79 Å². The summed E-state index contributed by atoms with van der Waals surface area (Å²) in [7, 11) is 0. The maximum atomic E-state index is 12.8. The average molecular weight is 341 g/mol. The zero-order valence-electron chi connectivity index (χ0n) is 15.5. The van der Waals surface area contributed by atoms with Crippen LogP contribution in [0.25, 0.3) is 0 Å². The number of aromatic amines is 1. The molecule has 2 amide bonds. The number of urea groups is 1. The van der Waals surface area contributed by atoms with Crippen LogP contribution >= 0.6 is 0 Å². The van der Waals surface area contributed by atoms with Gasteiger partial charge in [0.2, 0.25) is 0 Å². The molecule has 0 spiro atoms. The molecule has 0 unspecified atom stereocenters. The van der Waals surface area contributed by atoms with E-state index in [1.165, 1.54) is 11.1 Å². The zero-order chi connectivity index (χ0) is 18.0. The van der Waals surface area contributed by atoms with E-state index in [0.717, 1.165) is 30.8 Å². The van der Waals surface area contributed by atoms with Crippen LogP contribution in [0.15, 0.2) is 24.5 Å². The van der Waals surface area contributed by atoms with Gasteiger partial charge in [-0.1, -0.05) is 13.8 Å². The number of nitrogens with one attached hydrogen (secondary N) is 2. The second-order valence-corrected chi connectivity index (χ2v) is 7.48. The highest BCUT2D eigenvalue weighted by Gasteiger charge is 2.33. The molecule has 0 radical (unpaired) electrons. The molecule has 0 bridgehead atoms. The Bertz CT molecular complexity index is 718. The Morgan fingerprint density at radius 3 is 2.72 bits per heavy atom. The molecule has 1 fully saturated rings. The van der Waals surface area contributed by atoms with Crippen molar-refractivity contribution < 1.29 is 4.79 Å². The average Bonchev–Trinajstić information content (AvgIpc) is 3.20. The fraction of sp³-hybridized carbons (Fsp3) is 0.526. The number of H-pyrrole nitrogens is 1. The fourth-order valence-electron chi connectivity index (χ4n) is 3.66. The van der Waals surface area contributed by atoms with E-state index in [1.54, 1.807) is 12.4 Å². The van der Waals surface area contributed by atoms with Crippen LogP contribution in [-0.4, -0.2) is 39.2 Å². The Labute approximate surface area is 149 Å². The Morgan fingerprint density at radius 2 is 2.08 bits per heavy atom. The summed E-state index contributed by atoms with van der Waals surface area (Å²) in [6, 6.07) is 4.12. The lowest BCUT2D eigenvalue weighted by Crippen LogP contribution is -2.44. The lowest BCUT2D eigenvalue weighted by atomic mass is 9.85. The number of hydrogen-bond acceptors (Lipinski definition) is 3. The van der Waals surface area contributed by atoms with E-state index in [0.29, 0.717) is 6.54 Å². The lowest BCUT2D eigenvalue weighted by Gasteiger charge is -2.29. The number of aromatic nitrogens is 3. The van der Waals surface area contributed by atoms with Gasteiger partial charge in [-0.2, -0.15) is 5.10 Å². The number of amides is 2. The van der Waals surface area contributed by atoms with E-state index in [4.69, 9.17) is 0 Å². The summed E-state index contributed by atoms with van der Waals surface area (Å²) in [5.74, 6) is 0. The first kappa shape index (κ1) is 17.5. The number of nitrogens with zero attached hydrogens (tertiary/aromatic N) is 3. The first-order valence-corrected chi connectivity index (χ1v) is 8.86. The first-order valence-electron chi connectivity index (χ1n) is 8.86. The summed E-state index contributed by atoms with van der Waals surface area (Å²) >= 11 is 0. The normalized spacial score (nSPS) is 17.8. The molecular formula is C19H27N5O. The van der Waals surface area contributed by atoms with Gasteiger partial charge >= 0.3 is 6.03 Å². The Hall–Kier alpha value is -2.37. The predicted molar refractivity (Wildman–Crippen MR) is 97.4 cm³/mol. The highest BCUT2D eigenvalue weighted by Crippen LogP contribution is 2.34. The van der Waals surface area contributed by atoms with Crippen LogP contribution in [0.1, 0.15) is 55.2 Å². The Kier molecular flexibility index (Phi) is 4.79. The van der Waals surface area contributed by atoms with Crippen molar-refractivity contribution in [3.8, 4) is 0 Å². The molecule has 2 aromatic heterocycles. The van der Waals surface area contributed by atoms with Crippen LogP contribution < -0.4 is 5.32 Å². The van der Waals surface area contributed by atoms with Crippen molar-refractivity contribution in [1.82, 2.24) is 25.4 Å². The summed E-state index contributed by atoms with van der Waals surface area (Å²) in [6.45, 7) is 9.66. The summed E-state index contributed by atoms with van der Waals surface area (Å²) in [4.78, 5) is 18.8. The van der Waals surface area contributed by atoms with Crippen molar-refractivity contribution in [3.05, 3.63) is 47.0 Å². The third-order valence-electron chi connectivity index (χ3n) is 5.18. The van der Waals surface area contributed by atoms with Crippen molar-refractivity contribution >= 4 is 6.03 Å². The molecule has 1 aliphatic heterocycles. The Morgan fingerprint density at radius 1 is 1.36 bits per heavy atom. The van der Waals surface area contributed by atoms with Gasteiger partial charge in [0, 0.05) is 42.2 Å². The maximum Gasteiger partial charge on any atom is 0.317 e. The van der Waals surface area contributed by atoms with E-state index in [2.05, 4.69) is 34.3 Å². The summed E-state index contributed by atoms with van der Waals surface area (Å²) < 4.78 is 0. The lowest BCUT2D eigenvalue weighted by molar-refractivity contribution is 0.190. The van der Waals surface area contributed by atoms with Gasteiger partial charge in [0.1, 0.15) is 0 Å². The van der Waals surface area contributed by atoms with Gasteiger partial charge < -0.3 is 10.2 Å². The van der Waals surface area contributed by atoms with E-state index in [9.17, 15) is 4.79 Å². The van der Waals surface area contributed by atoms with Crippen LogP contribution in [0, 0.1) is 13.8 Å². The number of carbonyl (C=O) groups excluding carboxylic acids is 1. The second-order valence-electron chi connectivity index (χ2n) is 7.48. The number of likely N-dealkylation sites (tertiary alicyclic amines) is 1. The minimum absolute atomic E-state index is 0.00429.